The third kappa shape index (κ3) is 16.4. The standard InChI is InChI=1S/C29H48O4/c1-2-3-4-5-6-7-8-9-10-11-12-13-14-15-16-17-18-19-20-25-28(30)33-27-24-22-21-23-26(27)29(31)32/h21-24H,2-20,25H2,1H3,(H,31,32). The highest BCUT2D eigenvalue weighted by Crippen LogP contribution is 2.19. The number of carboxylic acid groups (broad SMARTS) is 1. The van der Waals surface area contributed by atoms with Crippen molar-refractivity contribution in [2.24, 2.45) is 0 Å². The van der Waals surface area contributed by atoms with Gasteiger partial charge in [0.25, 0.3) is 0 Å². The number of aromatic carboxylic acids is 1. The number of carboxylic acids is 1. The van der Waals surface area contributed by atoms with Crippen molar-refractivity contribution in [3.05, 3.63) is 29.8 Å². The Morgan fingerprint density at radius 3 is 1.45 bits per heavy atom. The molecule has 0 spiro atoms. The summed E-state index contributed by atoms with van der Waals surface area (Å²) in [7, 11) is 0. The van der Waals surface area contributed by atoms with E-state index in [0.717, 1.165) is 19.3 Å². The van der Waals surface area contributed by atoms with Gasteiger partial charge in [-0.2, -0.15) is 0 Å². The van der Waals surface area contributed by atoms with Gasteiger partial charge in [-0.05, 0) is 18.6 Å². The number of hydrogen-bond donors (Lipinski definition) is 1. The molecule has 0 saturated carbocycles. The van der Waals surface area contributed by atoms with Crippen LogP contribution < -0.4 is 4.74 Å². The fourth-order valence-corrected chi connectivity index (χ4v) is 4.25. The van der Waals surface area contributed by atoms with Crippen molar-refractivity contribution >= 4 is 11.9 Å². The highest BCUT2D eigenvalue weighted by molar-refractivity contribution is 5.91. The van der Waals surface area contributed by atoms with E-state index in [1.54, 1.807) is 12.1 Å². The van der Waals surface area contributed by atoms with Crippen LogP contribution >= 0.6 is 0 Å². The first-order valence-electron chi connectivity index (χ1n) is 13.7. The number of carbonyl (C=O) groups is 2. The van der Waals surface area contributed by atoms with Gasteiger partial charge in [0.05, 0.1) is 0 Å². The van der Waals surface area contributed by atoms with Crippen molar-refractivity contribution in [3.8, 4) is 5.75 Å². The van der Waals surface area contributed by atoms with Gasteiger partial charge in [0.1, 0.15) is 11.3 Å². The number of hydrogen-bond acceptors (Lipinski definition) is 3. The van der Waals surface area contributed by atoms with E-state index >= 15 is 0 Å². The molecule has 0 fully saturated rings. The van der Waals surface area contributed by atoms with E-state index in [2.05, 4.69) is 6.92 Å². The van der Waals surface area contributed by atoms with Gasteiger partial charge in [-0.3, -0.25) is 4.79 Å². The summed E-state index contributed by atoms with van der Waals surface area (Å²) in [6.07, 6.45) is 25.4. The van der Waals surface area contributed by atoms with E-state index < -0.39 is 5.97 Å². The molecule has 0 atom stereocenters. The summed E-state index contributed by atoms with van der Waals surface area (Å²) in [6, 6.07) is 6.27. The van der Waals surface area contributed by atoms with Crippen LogP contribution in [0.3, 0.4) is 0 Å². The lowest BCUT2D eigenvalue weighted by atomic mass is 10.0. The minimum atomic E-state index is -1.08. The van der Waals surface area contributed by atoms with Crippen LogP contribution in [0, 0.1) is 0 Å². The molecule has 0 amide bonds. The van der Waals surface area contributed by atoms with Gasteiger partial charge in [-0.25, -0.2) is 4.79 Å². The summed E-state index contributed by atoms with van der Waals surface area (Å²) >= 11 is 0. The van der Waals surface area contributed by atoms with Gasteiger partial charge in [-0.1, -0.05) is 135 Å². The fraction of sp³-hybridized carbons (Fsp3) is 0.724. The first kappa shape index (κ1) is 29.2. The number of para-hydroxylation sites is 1. The van der Waals surface area contributed by atoms with Crippen molar-refractivity contribution < 1.29 is 19.4 Å². The van der Waals surface area contributed by atoms with E-state index in [4.69, 9.17) is 9.84 Å². The van der Waals surface area contributed by atoms with Crippen LogP contribution in [-0.4, -0.2) is 17.0 Å². The Hall–Kier alpha value is -1.84. The van der Waals surface area contributed by atoms with E-state index in [0.29, 0.717) is 6.42 Å². The topological polar surface area (TPSA) is 63.6 Å². The Labute approximate surface area is 202 Å². The monoisotopic (exact) mass is 460 g/mol. The largest absolute Gasteiger partial charge is 0.478 e. The Balaban J connectivity index is 1.84. The van der Waals surface area contributed by atoms with Crippen LogP contribution in [0.25, 0.3) is 0 Å². The molecule has 0 aliphatic heterocycles. The number of unbranched alkanes of at least 4 members (excludes halogenated alkanes) is 18. The Morgan fingerprint density at radius 2 is 1.03 bits per heavy atom. The summed E-state index contributed by atoms with van der Waals surface area (Å²) in [6.45, 7) is 2.28. The second-order valence-electron chi connectivity index (χ2n) is 9.39. The van der Waals surface area contributed by atoms with Gasteiger partial charge in [0.2, 0.25) is 0 Å². The van der Waals surface area contributed by atoms with Crippen molar-refractivity contribution in [3.63, 3.8) is 0 Å². The van der Waals surface area contributed by atoms with Crippen LogP contribution in [-0.2, 0) is 4.79 Å². The lowest BCUT2D eigenvalue weighted by Gasteiger charge is -2.07. The molecule has 0 unspecified atom stereocenters. The molecule has 0 bridgehead atoms. The molecule has 33 heavy (non-hydrogen) atoms. The highest BCUT2D eigenvalue weighted by atomic mass is 16.5. The van der Waals surface area contributed by atoms with Gasteiger partial charge >= 0.3 is 11.9 Å². The van der Waals surface area contributed by atoms with Crippen LogP contribution in [0.15, 0.2) is 24.3 Å². The van der Waals surface area contributed by atoms with E-state index in [1.165, 1.54) is 115 Å². The van der Waals surface area contributed by atoms with Crippen molar-refractivity contribution in [1.29, 1.82) is 0 Å². The molecule has 0 aliphatic carbocycles. The molecule has 1 aromatic rings. The molecule has 0 aromatic heterocycles. The first-order valence-corrected chi connectivity index (χ1v) is 13.7. The van der Waals surface area contributed by atoms with Crippen molar-refractivity contribution in [1.82, 2.24) is 0 Å². The average molecular weight is 461 g/mol. The molecule has 4 heteroatoms. The Kier molecular flexibility index (Phi) is 18.4. The molecular formula is C29H48O4. The molecular weight excluding hydrogens is 412 g/mol. The Bertz CT molecular complexity index is 626. The number of carbonyl (C=O) groups excluding carboxylic acids is 1. The van der Waals surface area contributed by atoms with Crippen LogP contribution in [0.4, 0.5) is 0 Å². The molecule has 0 radical (unpaired) electrons. The summed E-state index contributed by atoms with van der Waals surface area (Å²) < 4.78 is 5.22. The van der Waals surface area contributed by atoms with E-state index in [1.807, 2.05) is 0 Å². The zero-order valence-electron chi connectivity index (χ0n) is 21.1. The van der Waals surface area contributed by atoms with Crippen LogP contribution in [0.5, 0.6) is 5.75 Å². The molecule has 188 valence electrons. The zero-order valence-corrected chi connectivity index (χ0v) is 21.1. The third-order valence-electron chi connectivity index (χ3n) is 6.33. The predicted octanol–water partition coefficient (Wildman–Crippen LogP) is 9.11. The quantitative estimate of drug-likeness (QED) is 0.106. The SMILES string of the molecule is CCCCCCCCCCCCCCCCCCCCCC(=O)Oc1ccccc1C(=O)O. The second kappa shape index (κ2) is 20.7. The maximum atomic E-state index is 12.0. The Morgan fingerprint density at radius 1 is 0.636 bits per heavy atom. The molecule has 1 aromatic carbocycles. The normalized spacial score (nSPS) is 10.9. The first-order chi connectivity index (χ1) is 16.1. The van der Waals surface area contributed by atoms with Gasteiger partial charge in [0.15, 0.2) is 0 Å². The minimum Gasteiger partial charge on any atom is -0.478 e. The van der Waals surface area contributed by atoms with E-state index in [9.17, 15) is 9.59 Å². The third-order valence-corrected chi connectivity index (χ3v) is 6.33. The second-order valence-corrected chi connectivity index (χ2v) is 9.39. The summed E-state index contributed by atoms with van der Waals surface area (Å²) in [4.78, 5) is 23.1. The highest BCUT2D eigenvalue weighted by Gasteiger charge is 2.13. The summed E-state index contributed by atoms with van der Waals surface area (Å²) in [5.41, 5.74) is 0.0269. The molecule has 0 saturated heterocycles. The lowest BCUT2D eigenvalue weighted by Crippen LogP contribution is -2.10. The number of ether oxygens (including phenoxy) is 1. The summed E-state index contributed by atoms with van der Waals surface area (Å²) in [5.74, 6) is -1.30. The molecule has 1 rings (SSSR count). The van der Waals surface area contributed by atoms with Gasteiger partial charge in [-0.15, -0.1) is 0 Å². The average Bonchev–Trinajstić information content (AvgIpc) is 2.80. The summed E-state index contributed by atoms with van der Waals surface area (Å²) in [5, 5.41) is 9.13. The number of benzene rings is 1. The van der Waals surface area contributed by atoms with Crippen molar-refractivity contribution in [2.75, 3.05) is 0 Å². The molecule has 1 N–H and O–H groups in total. The number of esters is 1. The smallest absolute Gasteiger partial charge is 0.339 e. The maximum absolute atomic E-state index is 12.0. The zero-order chi connectivity index (χ0) is 24.0. The molecule has 4 nitrogen and oxygen atoms in total. The number of rotatable bonds is 22. The van der Waals surface area contributed by atoms with Gasteiger partial charge in [0, 0.05) is 6.42 Å². The molecule has 0 aliphatic rings. The molecule has 0 heterocycles. The van der Waals surface area contributed by atoms with Crippen LogP contribution in [0.1, 0.15) is 146 Å². The van der Waals surface area contributed by atoms with E-state index in [-0.39, 0.29) is 17.3 Å². The fourth-order valence-electron chi connectivity index (χ4n) is 4.25. The predicted molar refractivity (Wildman–Crippen MR) is 137 cm³/mol. The van der Waals surface area contributed by atoms with Crippen LogP contribution in [0.2, 0.25) is 0 Å². The van der Waals surface area contributed by atoms with Gasteiger partial charge < -0.3 is 9.84 Å². The maximum Gasteiger partial charge on any atom is 0.339 e. The van der Waals surface area contributed by atoms with Crippen molar-refractivity contribution in [2.45, 2.75) is 135 Å². The lowest BCUT2D eigenvalue weighted by molar-refractivity contribution is -0.134. The minimum absolute atomic E-state index is 0.0269.